The van der Waals surface area contributed by atoms with E-state index in [1.807, 2.05) is 5.01 Å². The number of halogens is 2. The fraction of sp³-hybridized carbons (Fsp3) is 0.424. The van der Waals surface area contributed by atoms with Crippen LogP contribution >= 0.6 is 0 Å². The SMILES string of the molecule is C#Cc1c(F)ccc2cc(O)cc(-c3ncc4c(N5CCCCCN5)nc(OCC5(CN6CCOCC6)CC5)nc4c3F)c12. The van der Waals surface area contributed by atoms with Gasteiger partial charge in [-0.3, -0.25) is 14.9 Å². The van der Waals surface area contributed by atoms with Gasteiger partial charge in [0.25, 0.3) is 0 Å². The molecule has 228 valence electrons. The fourth-order valence-corrected chi connectivity index (χ4v) is 6.25. The smallest absolute Gasteiger partial charge is 0.319 e. The van der Waals surface area contributed by atoms with Crippen molar-refractivity contribution in [3.63, 3.8) is 0 Å². The van der Waals surface area contributed by atoms with E-state index in [0.717, 1.165) is 71.5 Å². The molecule has 3 aliphatic rings. The number of morpholine rings is 1. The van der Waals surface area contributed by atoms with Gasteiger partial charge in [-0.05, 0) is 49.3 Å². The molecule has 1 saturated carbocycles. The molecule has 0 atom stereocenters. The topological polar surface area (TPSA) is 95.9 Å². The van der Waals surface area contributed by atoms with E-state index in [1.54, 1.807) is 0 Å². The summed E-state index contributed by atoms with van der Waals surface area (Å²) in [7, 11) is 0. The number of phenolic OH excluding ortho intramolecular Hbond substituents is 1. The van der Waals surface area contributed by atoms with E-state index in [4.69, 9.17) is 20.9 Å². The third-order valence-corrected chi connectivity index (χ3v) is 8.84. The van der Waals surface area contributed by atoms with Gasteiger partial charge < -0.3 is 14.6 Å². The highest BCUT2D eigenvalue weighted by Gasteiger charge is 2.45. The first kappa shape index (κ1) is 28.6. The number of phenols is 1. The van der Waals surface area contributed by atoms with Crippen molar-refractivity contribution in [1.82, 2.24) is 25.3 Å². The van der Waals surface area contributed by atoms with Crippen LogP contribution in [0.5, 0.6) is 11.8 Å². The Hall–Kier alpha value is -4.11. The average molecular weight is 601 g/mol. The van der Waals surface area contributed by atoms with Gasteiger partial charge in [0.15, 0.2) is 11.6 Å². The van der Waals surface area contributed by atoms with E-state index in [9.17, 15) is 9.50 Å². The minimum Gasteiger partial charge on any atom is -0.508 e. The van der Waals surface area contributed by atoms with Crippen molar-refractivity contribution in [3.05, 3.63) is 47.7 Å². The number of nitrogens with one attached hydrogen (secondary N) is 1. The summed E-state index contributed by atoms with van der Waals surface area (Å²) in [6.45, 7) is 6.03. The van der Waals surface area contributed by atoms with Gasteiger partial charge in [-0.15, -0.1) is 6.42 Å². The van der Waals surface area contributed by atoms with Crippen LogP contribution in [0.3, 0.4) is 0 Å². The Morgan fingerprint density at radius 3 is 2.73 bits per heavy atom. The predicted octanol–water partition coefficient (Wildman–Crippen LogP) is 4.80. The molecule has 2 aliphatic heterocycles. The molecule has 2 aromatic carbocycles. The normalized spacial score (nSPS) is 18.7. The van der Waals surface area contributed by atoms with Crippen LogP contribution in [0.15, 0.2) is 30.5 Å². The first-order valence-corrected chi connectivity index (χ1v) is 15.2. The first-order chi connectivity index (χ1) is 21.4. The Bertz CT molecular complexity index is 1760. The summed E-state index contributed by atoms with van der Waals surface area (Å²) in [6.07, 6.45) is 12.3. The number of hydrazine groups is 1. The van der Waals surface area contributed by atoms with Gasteiger partial charge in [0.1, 0.15) is 22.8 Å². The molecule has 0 spiro atoms. The van der Waals surface area contributed by atoms with Crippen LogP contribution < -0.4 is 15.2 Å². The lowest BCUT2D eigenvalue weighted by Crippen LogP contribution is -2.41. The number of pyridine rings is 1. The molecule has 4 heterocycles. The van der Waals surface area contributed by atoms with Gasteiger partial charge in [0, 0.05) is 55.3 Å². The van der Waals surface area contributed by atoms with Crippen molar-refractivity contribution < 1.29 is 23.4 Å². The van der Waals surface area contributed by atoms with Gasteiger partial charge >= 0.3 is 6.01 Å². The van der Waals surface area contributed by atoms with Gasteiger partial charge in [0.05, 0.1) is 30.8 Å². The molecular formula is C33H34F2N6O3. The van der Waals surface area contributed by atoms with Gasteiger partial charge in [-0.1, -0.05) is 18.4 Å². The van der Waals surface area contributed by atoms with Crippen molar-refractivity contribution >= 4 is 27.5 Å². The molecule has 3 fully saturated rings. The van der Waals surface area contributed by atoms with Crippen LogP contribution in [-0.2, 0) is 4.74 Å². The molecule has 9 nitrogen and oxygen atoms in total. The molecule has 0 bridgehead atoms. The third kappa shape index (κ3) is 5.49. The van der Waals surface area contributed by atoms with Crippen LogP contribution in [0.25, 0.3) is 32.9 Å². The maximum Gasteiger partial charge on any atom is 0.319 e. The maximum atomic E-state index is 16.7. The van der Waals surface area contributed by atoms with Crippen LogP contribution in [-0.4, -0.2) is 77.5 Å². The largest absolute Gasteiger partial charge is 0.508 e. The second-order valence-corrected chi connectivity index (χ2v) is 12.0. The van der Waals surface area contributed by atoms with Crippen molar-refractivity contribution in [2.24, 2.45) is 5.41 Å². The van der Waals surface area contributed by atoms with E-state index >= 15 is 4.39 Å². The van der Waals surface area contributed by atoms with E-state index < -0.39 is 11.6 Å². The number of ether oxygens (including phenoxy) is 2. The van der Waals surface area contributed by atoms with Gasteiger partial charge in [-0.25, -0.2) is 14.2 Å². The third-order valence-electron chi connectivity index (χ3n) is 8.84. The molecular weight excluding hydrogens is 566 g/mol. The van der Waals surface area contributed by atoms with Gasteiger partial charge in [0.2, 0.25) is 0 Å². The number of aromatic nitrogens is 3. The molecule has 0 unspecified atom stereocenters. The number of hydrogen-bond donors (Lipinski definition) is 2. The van der Waals surface area contributed by atoms with Gasteiger partial charge in [-0.2, -0.15) is 9.97 Å². The van der Waals surface area contributed by atoms with Crippen LogP contribution in [0.4, 0.5) is 14.6 Å². The summed E-state index contributed by atoms with van der Waals surface area (Å²) in [5.74, 6) is 1.38. The highest BCUT2D eigenvalue weighted by molar-refractivity contribution is 6.03. The molecule has 7 rings (SSSR count). The zero-order valence-electron chi connectivity index (χ0n) is 24.4. The molecule has 0 amide bonds. The predicted molar refractivity (Wildman–Crippen MR) is 163 cm³/mol. The van der Waals surface area contributed by atoms with Crippen molar-refractivity contribution in [2.75, 3.05) is 57.6 Å². The number of nitrogens with zero attached hydrogens (tertiary/aromatic N) is 5. The maximum absolute atomic E-state index is 16.7. The number of rotatable bonds is 7. The number of aromatic hydroxyl groups is 1. The molecule has 11 heteroatoms. The Kier molecular flexibility index (Phi) is 7.66. The fourth-order valence-electron chi connectivity index (χ4n) is 6.25. The van der Waals surface area contributed by atoms with Crippen molar-refractivity contribution in [2.45, 2.75) is 32.1 Å². The molecule has 4 aromatic rings. The summed E-state index contributed by atoms with van der Waals surface area (Å²) >= 11 is 0. The Morgan fingerprint density at radius 1 is 1.09 bits per heavy atom. The first-order valence-electron chi connectivity index (χ1n) is 15.2. The van der Waals surface area contributed by atoms with E-state index in [-0.39, 0.29) is 44.9 Å². The second kappa shape index (κ2) is 11.8. The Labute approximate surface area is 254 Å². The quantitative estimate of drug-likeness (QED) is 0.290. The number of fused-ring (bicyclic) bond motifs is 2. The number of terminal acetylenes is 1. The van der Waals surface area contributed by atoms with E-state index in [1.165, 1.54) is 30.5 Å². The molecule has 2 N–H and O–H groups in total. The van der Waals surface area contributed by atoms with Crippen LogP contribution in [0.2, 0.25) is 0 Å². The van der Waals surface area contributed by atoms with Crippen molar-refractivity contribution in [1.29, 1.82) is 0 Å². The Morgan fingerprint density at radius 2 is 1.93 bits per heavy atom. The summed E-state index contributed by atoms with van der Waals surface area (Å²) in [5, 5.41) is 13.6. The summed E-state index contributed by atoms with van der Waals surface area (Å²) in [6, 6.07) is 5.61. The highest BCUT2D eigenvalue weighted by Crippen LogP contribution is 2.47. The second-order valence-electron chi connectivity index (χ2n) is 12.0. The lowest BCUT2D eigenvalue weighted by atomic mass is 9.96. The lowest BCUT2D eigenvalue weighted by molar-refractivity contribution is 0.0231. The van der Waals surface area contributed by atoms with E-state index in [2.05, 4.69) is 26.2 Å². The average Bonchev–Trinajstić information content (AvgIpc) is 3.84. The zero-order chi connectivity index (χ0) is 30.3. The molecule has 44 heavy (non-hydrogen) atoms. The van der Waals surface area contributed by atoms with Crippen molar-refractivity contribution in [3.8, 4) is 35.4 Å². The van der Waals surface area contributed by atoms with Crippen LogP contribution in [0.1, 0.15) is 37.7 Å². The highest BCUT2D eigenvalue weighted by atomic mass is 19.1. The molecule has 2 saturated heterocycles. The number of benzene rings is 2. The Balaban J connectivity index is 1.32. The molecule has 0 radical (unpaired) electrons. The lowest BCUT2D eigenvalue weighted by Gasteiger charge is -2.30. The minimum absolute atomic E-state index is 0.00873. The summed E-state index contributed by atoms with van der Waals surface area (Å²) in [4.78, 5) is 16.2. The molecule has 1 aliphatic carbocycles. The van der Waals surface area contributed by atoms with Crippen LogP contribution in [0, 0.1) is 29.4 Å². The minimum atomic E-state index is -0.737. The molecule has 2 aromatic heterocycles. The number of anilines is 1. The summed E-state index contributed by atoms with van der Waals surface area (Å²) in [5.41, 5.74) is 3.46. The number of hydrogen-bond acceptors (Lipinski definition) is 9. The standard InChI is InChI=1S/C33H34F2N6O3/c1-2-23-26(34)7-6-21-16-22(42)17-24(27(21)23)29-28(35)30-25(18-36-29)31(41-11-5-3-4-10-37-41)39-32(38-30)44-20-33(8-9-33)19-40-12-14-43-15-13-40/h1,6-7,16-18,37,42H,3-5,8-15,19-20H2. The monoisotopic (exact) mass is 600 g/mol. The van der Waals surface area contributed by atoms with E-state index in [0.29, 0.717) is 29.7 Å². The summed E-state index contributed by atoms with van der Waals surface area (Å²) < 4.78 is 43.2. The zero-order valence-corrected chi connectivity index (χ0v) is 24.4.